The monoisotopic (exact) mass is 444 g/mol. The predicted octanol–water partition coefficient (Wildman–Crippen LogP) is 3.30. The van der Waals surface area contributed by atoms with Gasteiger partial charge in [0.25, 0.3) is 0 Å². The fourth-order valence-corrected chi connectivity index (χ4v) is 2.76. The number of benzene rings is 2. The Morgan fingerprint density at radius 3 is 1.56 bits per heavy atom. The number of rotatable bonds is 15. The van der Waals surface area contributed by atoms with Crippen LogP contribution in [0.4, 0.5) is 0 Å². The van der Waals surface area contributed by atoms with Crippen LogP contribution in [0.1, 0.15) is 23.6 Å². The minimum atomic E-state index is -0.304. The van der Waals surface area contributed by atoms with Crippen molar-refractivity contribution in [2.75, 3.05) is 46.2 Å². The molecule has 7 heteroatoms. The first-order chi connectivity index (χ1) is 15.6. The average molecular weight is 445 g/mol. The van der Waals surface area contributed by atoms with Gasteiger partial charge in [0.1, 0.15) is 19.0 Å². The van der Waals surface area contributed by atoms with E-state index in [1.165, 1.54) is 0 Å². The molecule has 32 heavy (non-hydrogen) atoms. The SMILES string of the molecule is CCOc1ccc(CC(=O)OCCOCCOCCOC(=O)Cc2ccc(C)cc2)cc1. The van der Waals surface area contributed by atoms with Crippen LogP contribution in [-0.2, 0) is 41.4 Å². The Morgan fingerprint density at radius 2 is 1.09 bits per heavy atom. The fraction of sp³-hybridized carbons (Fsp3) is 0.440. The molecule has 0 amide bonds. The topological polar surface area (TPSA) is 80.3 Å². The van der Waals surface area contributed by atoms with Gasteiger partial charge in [-0.2, -0.15) is 0 Å². The molecule has 0 aromatic heterocycles. The lowest BCUT2D eigenvalue weighted by atomic mass is 10.1. The summed E-state index contributed by atoms with van der Waals surface area (Å²) in [6.07, 6.45) is 0.457. The molecule has 0 fully saturated rings. The Balaban J connectivity index is 1.41. The average Bonchev–Trinajstić information content (AvgIpc) is 2.78. The number of carbonyl (C=O) groups is 2. The molecule has 0 aliphatic carbocycles. The van der Waals surface area contributed by atoms with E-state index in [4.69, 9.17) is 23.7 Å². The summed E-state index contributed by atoms with van der Waals surface area (Å²) in [5.41, 5.74) is 2.95. The fourth-order valence-electron chi connectivity index (χ4n) is 2.76. The molecule has 2 aromatic carbocycles. The van der Waals surface area contributed by atoms with Gasteiger partial charge < -0.3 is 23.7 Å². The van der Waals surface area contributed by atoms with E-state index >= 15 is 0 Å². The van der Waals surface area contributed by atoms with Crippen molar-refractivity contribution in [3.8, 4) is 5.75 Å². The van der Waals surface area contributed by atoms with Crippen molar-refractivity contribution in [1.82, 2.24) is 0 Å². The van der Waals surface area contributed by atoms with Crippen LogP contribution in [-0.4, -0.2) is 58.2 Å². The van der Waals surface area contributed by atoms with E-state index < -0.39 is 0 Å². The summed E-state index contributed by atoms with van der Waals surface area (Å²) in [7, 11) is 0. The molecule has 0 unspecified atom stereocenters. The molecule has 0 saturated carbocycles. The lowest BCUT2D eigenvalue weighted by Crippen LogP contribution is -2.16. The highest BCUT2D eigenvalue weighted by Gasteiger charge is 2.06. The van der Waals surface area contributed by atoms with Crippen LogP contribution in [0.3, 0.4) is 0 Å². The second-order valence-corrected chi connectivity index (χ2v) is 7.08. The Bertz CT molecular complexity index is 800. The molecule has 7 nitrogen and oxygen atoms in total. The highest BCUT2D eigenvalue weighted by Crippen LogP contribution is 2.12. The predicted molar refractivity (Wildman–Crippen MR) is 120 cm³/mol. The Morgan fingerprint density at radius 1 is 0.656 bits per heavy atom. The Kier molecular flexibility index (Phi) is 11.9. The first-order valence-corrected chi connectivity index (χ1v) is 10.8. The Labute approximate surface area is 189 Å². The van der Waals surface area contributed by atoms with E-state index in [1.54, 1.807) is 0 Å². The molecule has 0 saturated heterocycles. The number of ether oxygens (including phenoxy) is 5. The second-order valence-electron chi connectivity index (χ2n) is 7.08. The van der Waals surface area contributed by atoms with Crippen LogP contribution in [0.15, 0.2) is 48.5 Å². The minimum absolute atomic E-state index is 0.187. The lowest BCUT2D eigenvalue weighted by Gasteiger charge is -2.08. The zero-order valence-corrected chi connectivity index (χ0v) is 18.8. The molecule has 0 spiro atoms. The van der Waals surface area contributed by atoms with Gasteiger partial charge in [-0.25, -0.2) is 0 Å². The van der Waals surface area contributed by atoms with E-state index in [-0.39, 0.29) is 38.0 Å². The maximum absolute atomic E-state index is 11.8. The first-order valence-electron chi connectivity index (χ1n) is 10.8. The van der Waals surface area contributed by atoms with Gasteiger partial charge >= 0.3 is 11.9 Å². The summed E-state index contributed by atoms with van der Waals surface area (Å²) < 4.78 is 26.4. The third-order valence-corrected chi connectivity index (χ3v) is 4.41. The lowest BCUT2D eigenvalue weighted by molar-refractivity contribution is -0.146. The third-order valence-electron chi connectivity index (χ3n) is 4.41. The molecule has 0 heterocycles. The van der Waals surface area contributed by atoms with Crippen LogP contribution in [0, 0.1) is 6.92 Å². The number of hydrogen-bond donors (Lipinski definition) is 0. The number of carbonyl (C=O) groups excluding carboxylic acids is 2. The normalized spacial score (nSPS) is 10.6. The van der Waals surface area contributed by atoms with Crippen molar-refractivity contribution in [3.63, 3.8) is 0 Å². The summed E-state index contributed by atoms with van der Waals surface area (Å²) in [6.45, 7) is 6.26. The molecule has 0 aliphatic heterocycles. The minimum Gasteiger partial charge on any atom is -0.494 e. The van der Waals surface area contributed by atoms with Crippen molar-refractivity contribution in [1.29, 1.82) is 0 Å². The molecular weight excluding hydrogens is 412 g/mol. The van der Waals surface area contributed by atoms with Gasteiger partial charge in [-0.3, -0.25) is 9.59 Å². The first kappa shape index (κ1) is 25.4. The zero-order chi connectivity index (χ0) is 23.0. The van der Waals surface area contributed by atoms with E-state index in [2.05, 4.69) is 0 Å². The van der Waals surface area contributed by atoms with Crippen molar-refractivity contribution < 1.29 is 33.3 Å². The molecule has 2 rings (SSSR count). The molecule has 0 atom stereocenters. The van der Waals surface area contributed by atoms with Crippen LogP contribution in [0.25, 0.3) is 0 Å². The van der Waals surface area contributed by atoms with E-state index in [0.717, 1.165) is 22.4 Å². The standard InChI is InChI=1S/C25H32O7/c1-3-30-23-10-8-22(9-11-23)19-25(27)32-17-15-29-13-12-28-14-16-31-24(26)18-21-6-4-20(2)5-7-21/h4-11H,3,12-19H2,1-2H3. The quantitative estimate of drug-likeness (QED) is 0.308. The molecule has 0 radical (unpaired) electrons. The van der Waals surface area contributed by atoms with Crippen molar-refractivity contribution >= 4 is 11.9 Å². The van der Waals surface area contributed by atoms with Gasteiger partial charge in [0.05, 0.1) is 45.9 Å². The van der Waals surface area contributed by atoms with Gasteiger partial charge in [-0.1, -0.05) is 42.0 Å². The number of hydrogen-bond acceptors (Lipinski definition) is 7. The van der Waals surface area contributed by atoms with Crippen LogP contribution >= 0.6 is 0 Å². The van der Waals surface area contributed by atoms with Crippen molar-refractivity contribution in [2.45, 2.75) is 26.7 Å². The summed E-state index contributed by atoms with van der Waals surface area (Å²) in [5.74, 6) is 0.197. The summed E-state index contributed by atoms with van der Waals surface area (Å²) in [6, 6.07) is 15.1. The largest absolute Gasteiger partial charge is 0.494 e. The maximum Gasteiger partial charge on any atom is 0.310 e. The van der Waals surface area contributed by atoms with E-state index in [9.17, 15) is 9.59 Å². The van der Waals surface area contributed by atoms with Crippen LogP contribution < -0.4 is 4.74 Å². The van der Waals surface area contributed by atoms with Gasteiger partial charge in [-0.05, 0) is 37.1 Å². The molecular formula is C25H32O7. The number of aryl methyl sites for hydroxylation is 1. The maximum atomic E-state index is 11.8. The molecule has 0 N–H and O–H groups in total. The Hall–Kier alpha value is -2.90. The molecule has 0 aliphatic rings. The number of esters is 2. The summed E-state index contributed by atoms with van der Waals surface area (Å²) in [5, 5.41) is 0. The second kappa shape index (κ2) is 15.0. The van der Waals surface area contributed by atoms with E-state index in [0.29, 0.717) is 33.0 Å². The van der Waals surface area contributed by atoms with Crippen molar-refractivity contribution in [2.24, 2.45) is 0 Å². The molecule has 0 bridgehead atoms. The zero-order valence-electron chi connectivity index (χ0n) is 18.8. The van der Waals surface area contributed by atoms with Gasteiger partial charge in [-0.15, -0.1) is 0 Å². The smallest absolute Gasteiger partial charge is 0.310 e. The van der Waals surface area contributed by atoms with Gasteiger partial charge in [0.2, 0.25) is 0 Å². The third kappa shape index (κ3) is 10.9. The highest BCUT2D eigenvalue weighted by molar-refractivity contribution is 5.73. The molecule has 2 aromatic rings. The van der Waals surface area contributed by atoms with Crippen molar-refractivity contribution in [3.05, 3.63) is 65.2 Å². The highest BCUT2D eigenvalue weighted by atomic mass is 16.6. The van der Waals surface area contributed by atoms with Gasteiger partial charge in [0, 0.05) is 0 Å². The molecule has 174 valence electrons. The van der Waals surface area contributed by atoms with Gasteiger partial charge in [0.15, 0.2) is 0 Å². The summed E-state index contributed by atoms with van der Waals surface area (Å²) >= 11 is 0. The van der Waals surface area contributed by atoms with Crippen LogP contribution in [0.2, 0.25) is 0 Å². The summed E-state index contributed by atoms with van der Waals surface area (Å²) in [4.78, 5) is 23.6. The van der Waals surface area contributed by atoms with E-state index in [1.807, 2.05) is 62.4 Å². The van der Waals surface area contributed by atoms with Crippen LogP contribution in [0.5, 0.6) is 5.75 Å².